The first-order valence-corrected chi connectivity index (χ1v) is 8.05. The maximum absolute atomic E-state index is 12.0. The highest BCUT2D eigenvalue weighted by molar-refractivity contribution is 5.94. The number of benzene rings is 3. The molecule has 0 heterocycles. The molecule has 0 bridgehead atoms. The van der Waals surface area contributed by atoms with Crippen LogP contribution in [0.4, 0.5) is 5.69 Å². The number of carbonyl (C=O) groups excluding carboxylic acids is 1. The standard InChI is InChI=1S/C21H18N4O/c22-20-9-7-17(8-10-20)21(26)24-11-1-2-15-3-5-19-13-16(14-25-23)4-6-18(19)12-15/h3-10,12-14H,11,22-23H2,(H,24,26)/b25-14-. The van der Waals surface area contributed by atoms with Crippen LogP contribution < -0.4 is 16.9 Å². The molecule has 0 aliphatic rings. The van der Waals surface area contributed by atoms with Gasteiger partial charge >= 0.3 is 0 Å². The number of nitrogens with two attached hydrogens (primary N) is 2. The lowest BCUT2D eigenvalue weighted by atomic mass is 10.0. The number of fused-ring (bicyclic) bond motifs is 1. The van der Waals surface area contributed by atoms with Crippen LogP contribution in [0.5, 0.6) is 0 Å². The van der Waals surface area contributed by atoms with Gasteiger partial charge in [-0.05, 0) is 58.8 Å². The number of hydrazone groups is 1. The first-order chi connectivity index (χ1) is 12.7. The summed E-state index contributed by atoms with van der Waals surface area (Å²) in [6.45, 7) is 0.271. The molecule has 3 rings (SSSR count). The second kappa shape index (κ2) is 7.86. The summed E-state index contributed by atoms with van der Waals surface area (Å²) >= 11 is 0. The zero-order chi connectivity index (χ0) is 18.4. The zero-order valence-electron chi connectivity index (χ0n) is 14.1. The van der Waals surface area contributed by atoms with Crippen LogP contribution in [0.25, 0.3) is 10.8 Å². The van der Waals surface area contributed by atoms with Crippen molar-refractivity contribution in [2.45, 2.75) is 0 Å². The van der Waals surface area contributed by atoms with Crippen molar-refractivity contribution in [1.82, 2.24) is 5.32 Å². The number of anilines is 1. The Morgan fingerprint density at radius 1 is 1.04 bits per heavy atom. The SMILES string of the molecule is N/N=C\c1ccc2cc(C#CCNC(=O)c3ccc(N)cc3)ccc2c1. The van der Waals surface area contributed by atoms with Gasteiger partial charge in [-0.25, -0.2) is 0 Å². The van der Waals surface area contributed by atoms with Gasteiger partial charge in [0.05, 0.1) is 12.8 Å². The topological polar surface area (TPSA) is 93.5 Å². The fraction of sp³-hybridized carbons (Fsp3) is 0.0476. The molecule has 0 saturated carbocycles. The van der Waals surface area contributed by atoms with Gasteiger partial charge in [0.25, 0.3) is 5.91 Å². The van der Waals surface area contributed by atoms with Crippen molar-refractivity contribution in [2.75, 3.05) is 12.3 Å². The Hall–Kier alpha value is -3.78. The summed E-state index contributed by atoms with van der Waals surface area (Å²) in [6.07, 6.45) is 1.61. The highest BCUT2D eigenvalue weighted by Crippen LogP contribution is 2.17. The van der Waals surface area contributed by atoms with Crippen LogP contribution in [0.15, 0.2) is 65.8 Å². The van der Waals surface area contributed by atoms with Crippen LogP contribution in [0.2, 0.25) is 0 Å². The molecule has 3 aromatic rings. The Morgan fingerprint density at radius 3 is 2.54 bits per heavy atom. The van der Waals surface area contributed by atoms with E-state index in [1.54, 1.807) is 30.5 Å². The number of hydrogen-bond acceptors (Lipinski definition) is 4. The Kier molecular flexibility index (Phi) is 5.16. The molecule has 0 aromatic heterocycles. The van der Waals surface area contributed by atoms with E-state index in [0.29, 0.717) is 11.3 Å². The van der Waals surface area contributed by atoms with Gasteiger partial charge in [0, 0.05) is 16.8 Å². The van der Waals surface area contributed by atoms with Crippen molar-refractivity contribution in [2.24, 2.45) is 10.9 Å². The fourth-order valence-electron chi connectivity index (χ4n) is 2.52. The Bertz CT molecular complexity index is 1030. The maximum atomic E-state index is 12.0. The summed E-state index contributed by atoms with van der Waals surface area (Å²) in [5.41, 5.74) is 8.63. The molecular formula is C21H18N4O. The van der Waals surface area contributed by atoms with Crippen molar-refractivity contribution in [1.29, 1.82) is 0 Å². The monoisotopic (exact) mass is 342 g/mol. The molecule has 128 valence electrons. The molecule has 0 radical (unpaired) electrons. The minimum absolute atomic E-state index is 0.174. The number of rotatable bonds is 3. The van der Waals surface area contributed by atoms with Gasteiger partial charge in [-0.3, -0.25) is 4.79 Å². The molecule has 5 N–H and O–H groups in total. The average Bonchev–Trinajstić information content (AvgIpc) is 2.66. The van der Waals surface area contributed by atoms with Crippen LogP contribution in [0.1, 0.15) is 21.5 Å². The average molecular weight is 342 g/mol. The molecule has 0 atom stereocenters. The Balaban J connectivity index is 1.65. The molecule has 0 fully saturated rings. The summed E-state index contributed by atoms with van der Waals surface area (Å²) < 4.78 is 0. The van der Waals surface area contributed by atoms with Gasteiger partial charge in [0.1, 0.15) is 0 Å². The summed E-state index contributed by atoms with van der Waals surface area (Å²) in [6, 6.07) is 18.7. The van der Waals surface area contributed by atoms with Crippen LogP contribution in [-0.2, 0) is 0 Å². The van der Waals surface area contributed by atoms with E-state index >= 15 is 0 Å². The quantitative estimate of drug-likeness (QED) is 0.224. The minimum Gasteiger partial charge on any atom is -0.399 e. The van der Waals surface area contributed by atoms with Crippen molar-refractivity contribution >= 4 is 28.6 Å². The summed E-state index contributed by atoms with van der Waals surface area (Å²) in [4.78, 5) is 12.0. The van der Waals surface area contributed by atoms with E-state index in [4.69, 9.17) is 11.6 Å². The molecule has 0 spiro atoms. The lowest BCUT2D eigenvalue weighted by Crippen LogP contribution is -2.23. The number of amides is 1. The third-order valence-corrected chi connectivity index (χ3v) is 3.83. The smallest absolute Gasteiger partial charge is 0.252 e. The van der Waals surface area contributed by atoms with Gasteiger partial charge in [0.2, 0.25) is 0 Å². The molecule has 0 aliphatic heterocycles. The van der Waals surface area contributed by atoms with Crippen LogP contribution in [0, 0.1) is 11.8 Å². The molecule has 1 amide bonds. The first-order valence-electron chi connectivity index (χ1n) is 8.05. The molecule has 0 aliphatic carbocycles. The highest BCUT2D eigenvalue weighted by Gasteiger charge is 2.02. The van der Waals surface area contributed by atoms with Gasteiger partial charge < -0.3 is 16.9 Å². The van der Waals surface area contributed by atoms with Crippen molar-refractivity contribution in [3.05, 3.63) is 77.4 Å². The van der Waals surface area contributed by atoms with Crippen molar-refractivity contribution < 1.29 is 4.79 Å². The van der Waals surface area contributed by atoms with Gasteiger partial charge in [-0.2, -0.15) is 5.10 Å². The molecule has 0 saturated heterocycles. The zero-order valence-corrected chi connectivity index (χ0v) is 14.1. The molecular weight excluding hydrogens is 324 g/mol. The first kappa shape index (κ1) is 17.1. The van der Waals surface area contributed by atoms with E-state index in [-0.39, 0.29) is 12.5 Å². The third-order valence-electron chi connectivity index (χ3n) is 3.83. The second-order valence-corrected chi connectivity index (χ2v) is 5.71. The lowest BCUT2D eigenvalue weighted by Gasteiger charge is -2.02. The van der Waals surface area contributed by atoms with Gasteiger partial charge in [-0.1, -0.05) is 30.0 Å². The number of nitrogen functional groups attached to an aromatic ring is 1. The van der Waals surface area contributed by atoms with Crippen molar-refractivity contribution in [3.63, 3.8) is 0 Å². The van der Waals surface area contributed by atoms with E-state index in [1.165, 1.54) is 0 Å². The van der Waals surface area contributed by atoms with E-state index in [1.807, 2.05) is 36.4 Å². The summed E-state index contributed by atoms with van der Waals surface area (Å²) in [5.74, 6) is 11.0. The maximum Gasteiger partial charge on any atom is 0.252 e. The molecule has 5 nitrogen and oxygen atoms in total. The molecule has 26 heavy (non-hydrogen) atoms. The van der Waals surface area contributed by atoms with Crippen LogP contribution in [-0.4, -0.2) is 18.7 Å². The summed E-state index contributed by atoms with van der Waals surface area (Å²) in [5, 5.41) is 8.47. The normalized spacial score (nSPS) is 10.5. The Labute approximate surface area is 151 Å². The predicted octanol–water partition coefficient (Wildman–Crippen LogP) is 2.50. The fourth-order valence-corrected chi connectivity index (χ4v) is 2.52. The number of hydrogen-bond donors (Lipinski definition) is 3. The van der Waals surface area contributed by atoms with E-state index in [9.17, 15) is 4.79 Å². The van der Waals surface area contributed by atoms with Crippen molar-refractivity contribution in [3.8, 4) is 11.8 Å². The third kappa shape index (κ3) is 4.19. The van der Waals surface area contributed by atoms with Gasteiger partial charge in [0.15, 0.2) is 0 Å². The Morgan fingerprint density at radius 2 is 1.77 bits per heavy atom. The molecule has 0 unspecified atom stereocenters. The summed E-state index contributed by atoms with van der Waals surface area (Å²) in [7, 11) is 0. The second-order valence-electron chi connectivity index (χ2n) is 5.71. The van der Waals surface area contributed by atoms with E-state index < -0.39 is 0 Å². The molecule has 5 heteroatoms. The lowest BCUT2D eigenvalue weighted by molar-refractivity contribution is 0.0958. The van der Waals surface area contributed by atoms with Gasteiger partial charge in [-0.15, -0.1) is 0 Å². The minimum atomic E-state index is -0.174. The number of carbonyl (C=O) groups is 1. The number of nitrogens with zero attached hydrogens (tertiary/aromatic N) is 1. The number of nitrogens with one attached hydrogen (secondary N) is 1. The largest absolute Gasteiger partial charge is 0.399 e. The predicted molar refractivity (Wildman–Crippen MR) is 106 cm³/mol. The van der Waals surface area contributed by atoms with Crippen LogP contribution >= 0.6 is 0 Å². The van der Waals surface area contributed by atoms with Crippen LogP contribution in [0.3, 0.4) is 0 Å². The molecule has 3 aromatic carbocycles. The highest BCUT2D eigenvalue weighted by atomic mass is 16.1. The van der Waals surface area contributed by atoms with E-state index in [0.717, 1.165) is 21.9 Å². The van der Waals surface area contributed by atoms with E-state index in [2.05, 4.69) is 22.3 Å².